The summed E-state index contributed by atoms with van der Waals surface area (Å²) >= 11 is 6.02. The van der Waals surface area contributed by atoms with Gasteiger partial charge in [-0.3, -0.25) is 9.89 Å². The second-order valence-electron chi connectivity index (χ2n) is 6.55. The molecular formula is C18H30ClIN4O. The van der Waals surface area contributed by atoms with Crippen LogP contribution in [0.2, 0.25) is 5.02 Å². The molecule has 142 valence electrons. The van der Waals surface area contributed by atoms with Crippen LogP contribution in [-0.2, 0) is 4.74 Å². The molecule has 0 spiro atoms. The number of ether oxygens (including phenoxy) is 1. The van der Waals surface area contributed by atoms with Gasteiger partial charge in [-0.1, -0.05) is 37.6 Å². The lowest BCUT2D eigenvalue weighted by Gasteiger charge is -2.34. The van der Waals surface area contributed by atoms with E-state index in [1.54, 1.807) is 0 Å². The molecule has 0 aromatic heterocycles. The number of nitrogens with one attached hydrogen (secondary N) is 1. The Bertz CT molecular complexity index is 518. The zero-order valence-electron chi connectivity index (χ0n) is 15.1. The summed E-state index contributed by atoms with van der Waals surface area (Å²) in [4.78, 5) is 6.96. The van der Waals surface area contributed by atoms with Crippen LogP contribution < -0.4 is 11.1 Å². The highest BCUT2D eigenvalue weighted by Crippen LogP contribution is 2.23. The molecule has 1 fully saturated rings. The van der Waals surface area contributed by atoms with Crippen molar-refractivity contribution in [2.45, 2.75) is 26.3 Å². The van der Waals surface area contributed by atoms with E-state index in [0.717, 1.165) is 44.3 Å². The predicted molar refractivity (Wildman–Crippen MR) is 116 cm³/mol. The van der Waals surface area contributed by atoms with E-state index in [9.17, 15) is 0 Å². The molecule has 0 aliphatic carbocycles. The van der Waals surface area contributed by atoms with Gasteiger partial charge in [0.15, 0.2) is 5.96 Å². The Labute approximate surface area is 173 Å². The summed E-state index contributed by atoms with van der Waals surface area (Å²) in [7, 11) is 0. The van der Waals surface area contributed by atoms with E-state index < -0.39 is 0 Å². The number of aliphatic imine (C=N–C) groups is 1. The van der Waals surface area contributed by atoms with Gasteiger partial charge in [0.25, 0.3) is 0 Å². The Morgan fingerprint density at radius 2 is 1.92 bits per heavy atom. The van der Waals surface area contributed by atoms with Crippen molar-refractivity contribution in [3.63, 3.8) is 0 Å². The SMILES string of the molecule is CC(C)CCNC(N)=NCC(c1ccc(Cl)cc1)N1CCOCC1.I. The maximum Gasteiger partial charge on any atom is 0.188 e. The van der Waals surface area contributed by atoms with Gasteiger partial charge in [-0.05, 0) is 30.0 Å². The number of nitrogens with zero attached hydrogens (tertiary/aromatic N) is 2. The van der Waals surface area contributed by atoms with E-state index in [2.05, 4.69) is 41.2 Å². The molecule has 1 unspecified atom stereocenters. The summed E-state index contributed by atoms with van der Waals surface area (Å²) in [6.45, 7) is 9.21. The molecule has 1 aliphatic rings. The Morgan fingerprint density at radius 3 is 2.52 bits per heavy atom. The zero-order valence-corrected chi connectivity index (χ0v) is 18.2. The maximum atomic E-state index is 6.02. The highest BCUT2D eigenvalue weighted by Gasteiger charge is 2.22. The maximum absolute atomic E-state index is 6.02. The van der Waals surface area contributed by atoms with Crippen molar-refractivity contribution < 1.29 is 4.74 Å². The highest BCUT2D eigenvalue weighted by atomic mass is 127. The van der Waals surface area contributed by atoms with Crippen LogP contribution in [0.1, 0.15) is 31.9 Å². The average molecular weight is 481 g/mol. The fourth-order valence-electron chi connectivity index (χ4n) is 2.74. The molecule has 0 saturated carbocycles. The van der Waals surface area contributed by atoms with Gasteiger partial charge in [-0.25, -0.2) is 0 Å². The number of hydrogen-bond acceptors (Lipinski definition) is 3. The van der Waals surface area contributed by atoms with Gasteiger partial charge in [0.1, 0.15) is 0 Å². The van der Waals surface area contributed by atoms with E-state index in [4.69, 9.17) is 22.1 Å². The molecule has 1 aliphatic heterocycles. The number of morpholine rings is 1. The minimum absolute atomic E-state index is 0. The first kappa shape index (κ1) is 22.5. The van der Waals surface area contributed by atoms with Crippen LogP contribution >= 0.6 is 35.6 Å². The standard InChI is InChI=1S/C18H29ClN4O.HI/c1-14(2)7-8-21-18(20)22-13-17(23-9-11-24-12-10-23)15-3-5-16(19)6-4-15;/h3-6,14,17H,7-13H2,1-2H3,(H3,20,21,22);1H. The van der Waals surface area contributed by atoms with Crippen LogP contribution in [-0.4, -0.2) is 50.3 Å². The molecule has 1 aromatic carbocycles. The van der Waals surface area contributed by atoms with E-state index in [-0.39, 0.29) is 30.0 Å². The Balaban J connectivity index is 0.00000312. The molecule has 2 rings (SSSR count). The highest BCUT2D eigenvalue weighted by molar-refractivity contribution is 14.0. The smallest absolute Gasteiger partial charge is 0.188 e. The lowest BCUT2D eigenvalue weighted by atomic mass is 10.0. The lowest BCUT2D eigenvalue weighted by Crippen LogP contribution is -2.41. The van der Waals surface area contributed by atoms with E-state index in [1.807, 2.05) is 12.1 Å². The predicted octanol–water partition coefficient (Wildman–Crippen LogP) is 3.28. The monoisotopic (exact) mass is 480 g/mol. The van der Waals surface area contributed by atoms with Gasteiger partial charge in [0, 0.05) is 24.7 Å². The van der Waals surface area contributed by atoms with Crippen molar-refractivity contribution in [3.8, 4) is 0 Å². The fraction of sp³-hybridized carbons (Fsp3) is 0.611. The second kappa shape index (κ2) is 11.9. The molecule has 0 bridgehead atoms. The number of guanidine groups is 1. The third-order valence-corrected chi connectivity index (χ3v) is 4.46. The van der Waals surface area contributed by atoms with Crippen molar-refractivity contribution in [1.29, 1.82) is 0 Å². The van der Waals surface area contributed by atoms with E-state index in [0.29, 0.717) is 18.4 Å². The third kappa shape index (κ3) is 8.11. The minimum atomic E-state index is 0. The van der Waals surface area contributed by atoms with Crippen molar-refractivity contribution >= 4 is 41.5 Å². The van der Waals surface area contributed by atoms with Gasteiger partial charge in [0.05, 0.1) is 25.8 Å². The number of benzene rings is 1. The van der Waals surface area contributed by atoms with E-state index >= 15 is 0 Å². The van der Waals surface area contributed by atoms with Crippen molar-refractivity contribution in [3.05, 3.63) is 34.9 Å². The topological polar surface area (TPSA) is 62.9 Å². The molecule has 1 heterocycles. The molecular weight excluding hydrogens is 451 g/mol. The number of rotatable bonds is 7. The van der Waals surface area contributed by atoms with Crippen molar-refractivity contribution in [2.24, 2.45) is 16.6 Å². The summed E-state index contributed by atoms with van der Waals surface area (Å²) < 4.78 is 5.47. The fourth-order valence-corrected chi connectivity index (χ4v) is 2.86. The first-order valence-electron chi connectivity index (χ1n) is 8.67. The van der Waals surface area contributed by atoms with Gasteiger partial charge in [0.2, 0.25) is 0 Å². The normalized spacial score (nSPS) is 17.2. The summed E-state index contributed by atoms with van der Waals surface area (Å²) in [5, 5.41) is 3.94. The summed E-state index contributed by atoms with van der Waals surface area (Å²) in [5.41, 5.74) is 7.22. The van der Waals surface area contributed by atoms with Gasteiger partial charge in [-0.2, -0.15) is 0 Å². The van der Waals surface area contributed by atoms with Crippen LogP contribution in [0.4, 0.5) is 0 Å². The molecule has 1 atom stereocenters. The molecule has 0 radical (unpaired) electrons. The quantitative estimate of drug-likeness (QED) is 0.357. The average Bonchev–Trinajstić information content (AvgIpc) is 2.57. The largest absolute Gasteiger partial charge is 0.379 e. The molecule has 25 heavy (non-hydrogen) atoms. The summed E-state index contributed by atoms with van der Waals surface area (Å²) in [6.07, 6.45) is 1.08. The van der Waals surface area contributed by atoms with Crippen LogP contribution in [0.3, 0.4) is 0 Å². The van der Waals surface area contributed by atoms with E-state index in [1.165, 1.54) is 5.56 Å². The molecule has 0 amide bonds. The first-order valence-corrected chi connectivity index (χ1v) is 9.05. The Kier molecular flexibility index (Phi) is 10.7. The zero-order chi connectivity index (χ0) is 17.4. The molecule has 5 nitrogen and oxygen atoms in total. The lowest BCUT2D eigenvalue weighted by molar-refractivity contribution is 0.0180. The van der Waals surface area contributed by atoms with Gasteiger partial charge in [-0.15, -0.1) is 24.0 Å². The summed E-state index contributed by atoms with van der Waals surface area (Å²) in [5.74, 6) is 1.17. The summed E-state index contributed by atoms with van der Waals surface area (Å²) in [6, 6.07) is 8.19. The number of hydrogen-bond donors (Lipinski definition) is 2. The van der Waals surface area contributed by atoms with Crippen LogP contribution in [0.15, 0.2) is 29.3 Å². The van der Waals surface area contributed by atoms with Crippen LogP contribution in [0.5, 0.6) is 0 Å². The van der Waals surface area contributed by atoms with Crippen molar-refractivity contribution in [1.82, 2.24) is 10.2 Å². The molecule has 1 aromatic rings. The van der Waals surface area contributed by atoms with Crippen molar-refractivity contribution in [2.75, 3.05) is 39.4 Å². The Hall–Kier alpha value is -0.570. The number of nitrogens with two attached hydrogens (primary N) is 1. The molecule has 3 N–H and O–H groups in total. The van der Waals surface area contributed by atoms with Gasteiger partial charge >= 0.3 is 0 Å². The second-order valence-corrected chi connectivity index (χ2v) is 6.99. The first-order chi connectivity index (χ1) is 11.6. The van der Waals surface area contributed by atoms with Crippen LogP contribution in [0, 0.1) is 5.92 Å². The molecule has 1 saturated heterocycles. The molecule has 7 heteroatoms. The minimum Gasteiger partial charge on any atom is -0.379 e. The third-order valence-electron chi connectivity index (χ3n) is 4.20. The van der Waals surface area contributed by atoms with Crippen LogP contribution in [0.25, 0.3) is 0 Å². The van der Waals surface area contributed by atoms with Gasteiger partial charge < -0.3 is 15.8 Å². The number of halogens is 2. The Morgan fingerprint density at radius 1 is 1.28 bits per heavy atom.